The van der Waals surface area contributed by atoms with Crippen molar-refractivity contribution < 1.29 is 24.2 Å². The smallest absolute Gasteiger partial charge is 0.309 e. The molecule has 0 aliphatic heterocycles. The molecular weight excluding hydrogens is 504 g/mol. The van der Waals surface area contributed by atoms with Crippen LogP contribution in [-0.4, -0.2) is 41.6 Å². The van der Waals surface area contributed by atoms with Gasteiger partial charge in [-0.05, 0) is 43.2 Å². The normalized spacial score (nSPS) is 16.2. The van der Waals surface area contributed by atoms with Gasteiger partial charge in [-0.25, -0.2) is 0 Å². The molecule has 0 unspecified atom stereocenters. The Bertz CT molecular complexity index is 1110. The fraction of sp³-hybridized carbons (Fsp3) is 0.424. The molecule has 0 heterocycles. The average molecular weight is 547 g/mol. The molecule has 0 spiro atoms. The van der Waals surface area contributed by atoms with Crippen LogP contribution in [0, 0.1) is 11.8 Å². The summed E-state index contributed by atoms with van der Waals surface area (Å²) in [5.41, 5.74) is 1.22. The second kappa shape index (κ2) is 15.8. The first kappa shape index (κ1) is 30.8. The Labute approximate surface area is 237 Å². The third-order valence-electron chi connectivity index (χ3n) is 7.54. The molecule has 3 rings (SSSR count). The first-order chi connectivity index (χ1) is 19.4. The molecule has 3 N–H and O–H groups in total. The van der Waals surface area contributed by atoms with Gasteiger partial charge in [0.15, 0.2) is 0 Å². The van der Waals surface area contributed by atoms with E-state index < -0.39 is 23.4 Å². The number of carbonyl (C=O) groups excluding carboxylic acids is 3. The molecule has 0 radical (unpaired) electrons. The number of nitrogens with one attached hydrogen (secondary N) is 2. The maximum atomic E-state index is 13.4. The second-order valence-corrected chi connectivity index (χ2v) is 10.6. The molecule has 214 valence electrons. The topological polar surface area (TPSA) is 105 Å². The van der Waals surface area contributed by atoms with Crippen LogP contribution in [0.1, 0.15) is 62.1 Å². The van der Waals surface area contributed by atoms with Crippen LogP contribution in [-0.2, 0) is 25.5 Å². The molecule has 1 saturated carbocycles. The van der Waals surface area contributed by atoms with Crippen molar-refractivity contribution in [2.24, 2.45) is 11.8 Å². The summed E-state index contributed by atoms with van der Waals surface area (Å²) in [6, 6.07) is 18.5. The maximum absolute atomic E-state index is 13.4. The Morgan fingerprint density at radius 3 is 2.12 bits per heavy atom. The first-order valence-corrected chi connectivity index (χ1v) is 14.1. The zero-order valence-electron chi connectivity index (χ0n) is 23.2. The molecule has 2 aromatic carbocycles. The predicted octanol–water partition coefficient (Wildman–Crippen LogP) is 4.83. The van der Waals surface area contributed by atoms with Crippen LogP contribution < -0.4 is 10.6 Å². The minimum Gasteiger partial charge on any atom is -0.463 e. The first-order valence-electron chi connectivity index (χ1n) is 14.1. The van der Waals surface area contributed by atoms with E-state index in [1.165, 1.54) is 0 Å². The predicted molar refractivity (Wildman–Crippen MR) is 156 cm³/mol. The summed E-state index contributed by atoms with van der Waals surface area (Å²) < 4.78 is 5.75. The number of benzene rings is 2. The van der Waals surface area contributed by atoms with Gasteiger partial charge in [-0.15, -0.1) is 13.2 Å². The lowest BCUT2D eigenvalue weighted by Gasteiger charge is -2.29. The van der Waals surface area contributed by atoms with Crippen LogP contribution in [0.15, 0.2) is 86.0 Å². The van der Waals surface area contributed by atoms with Crippen molar-refractivity contribution in [2.45, 2.75) is 62.9 Å². The number of amides is 2. The average Bonchev–Trinajstić information content (AvgIpc) is 3.44. The van der Waals surface area contributed by atoms with E-state index in [9.17, 15) is 19.5 Å². The Morgan fingerprint density at radius 1 is 0.925 bits per heavy atom. The quantitative estimate of drug-likeness (QED) is 0.207. The van der Waals surface area contributed by atoms with Gasteiger partial charge in [0.25, 0.3) is 0 Å². The van der Waals surface area contributed by atoms with Crippen molar-refractivity contribution in [3.8, 4) is 0 Å². The lowest BCUT2D eigenvalue weighted by Crippen LogP contribution is -2.50. The highest BCUT2D eigenvalue weighted by atomic mass is 16.5. The lowest BCUT2D eigenvalue weighted by molar-refractivity contribution is -0.150. The summed E-state index contributed by atoms with van der Waals surface area (Å²) in [5, 5.41) is 15.8. The number of aliphatic hydroxyl groups excluding tert-OH is 1. The number of esters is 1. The van der Waals surface area contributed by atoms with E-state index in [2.05, 4.69) is 23.8 Å². The van der Waals surface area contributed by atoms with Crippen LogP contribution in [0.25, 0.3) is 0 Å². The van der Waals surface area contributed by atoms with E-state index in [-0.39, 0.29) is 37.4 Å². The van der Waals surface area contributed by atoms with Crippen molar-refractivity contribution in [3.05, 3.63) is 97.1 Å². The largest absolute Gasteiger partial charge is 0.463 e. The molecule has 0 saturated heterocycles. The van der Waals surface area contributed by atoms with Gasteiger partial charge < -0.3 is 20.5 Å². The number of hydrogen-bond acceptors (Lipinski definition) is 5. The number of aliphatic hydroxyl groups is 1. The molecule has 1 fully saturated rings. The monoisotopic (exact) mass is 546 g/mol. The van der Waals surface area contributed by atoms with Gasteiger partial charge in [-0.2, -0.15) is 0 Å². The highest BCUT2D eigenvalue weighted by Crippen LogP contribution is 2.29. The molecule has 0 bridgehead atoms. The number of hydrogen-bond donors (Lipinski definition) is 3. The Hall–Kier alpha value is -3.71. The van der Waals surface area contributed by atoms with E-state index in [0.29, 0.717) is 19.3 Å². The number of allylic oxidation sites excluding steroid dienone is 2. The minimum absolute atomic E-state index is 0.0284. The Kier molecular flexibility index (Phi) is 12.2. The van der Waals surface area contributed by atoms with Crippen LogP contribution in [0.5, 0.6) is 0 Å². The van der Waals surface area contributed by atoms with Crippen molar-refractivity contribution in [3.63, 3.8) is 0 Å². The number of carbonyl (C=O) groups is 3. The lowest BCUT2D eigenvalue weighted by atomic mass is 9.95. The third-order valence-corrected chi connectivity index (χ3v) is 7.54. The van der Waals surface area contributed by atoms with Crippen LogP contribution >= 0.6 is 0 Å². The van der Waals surface area contributed by atoms with Gasteiger partial charge in [0.1, 0.15) is 6.61 Å². The van der Waals surface area contributed by atoms with Gasteiger partial charge in [0.05, 0.1) is 30.0 Å². The molecule has 3 atom stereocenters. The Morgan fingerprint density at radius 2 is 1.52 bits per heavy atom. The van der Waals surface area contributed by atoms with Gasteiger partial charge in [-0.1, -0.05) is 85.7 Å². The van der Waals surface area contributed by atoms with Crippen molar-refractivity contribution in [1.29, 1.82) is 0 Å². The second-order valence-electron chi connectivity index (χ2n) is 10.6. The standard InChI is InChI=1S/C33H42N2O5/c1-3-13-27(22-30(37)35-33(24-36)19-11-12-20-33)31(38)34-29(26-17-9-6-10-18-26)23-40-32(39)28(14-4-2)21-25-15-7-5-8-16-25/h3-10,15-18,27-29,36H,1-2,11-14,19-24H2,(H,34,38)(H,35,37)/t27-,28+,29+/m1/s1. The molecule has 1 aliphatic rings. The number of rotatable bonds is 16. The minimum atomic E-state index is -0.650. The highest BCUT2D eigenvalue weighted by Gasteiger charge is 2.35. The molecule has 2 amide bonds. The van der Waals surface area contributed by atoms with E-state index in [1.807, 2.05) is 60.7 Å². The molecule has 7 nitrogen and oxygen atoms in total. The van der Waals surface area contributed by atoms with Gasteiger partial charge in [-0.3, -0.25) is 14.4 Å². The molecule has 2 aromatic rings. The Balaban J connectivity index is 1.67. The van der Waals surface area contributed by atoms with E-state index in [4.69, 9.17) is 4.74 Å². The molecule has 0 aromatic heterocycles. The summed E-state index contributed by atoms with van der Waals surface area (Å²) in [5.74, 6) is -1.99. The summed E-state index contributed by atoms with van der Waals surface area (Å²) in [4.78, 5) is 39.4. The van der Waals surface area contributed by atoms with Crippen molar-refractivity contribution in [2.75, 3.05) is 13.2 Å². The summed E-state index contributed by atoms with van der Waals surface area (Å²) >= 11 is 0. The van der Waals surface area contributed by atoms with Crippen molar-refractivity contribution >= 4 is 17.8 Å². The molecule has 1 aliphatic carbocycles. The maximum Gasteiger partial charge on any atom is 0.309 e. The zero-order chi connectivity index (χ0) is 28.8. The summed E-state index contributed by atoms with van der Waals surface area (Å²) in [6.45, 7) is 7.39. The molecule has 7 heteroatoms. The fourth-order valence-corrected chi connectivity index (χ4v) is 5.27. The van der Waals surface area contributed by atoms with Gasteiger partial charge >= 0.3 is 5.97 Å². The van der Waals surface area contributed by atoms with Gasteiger partial charge in [0, 0.05) is 6.42 Å². The fourth-order valence-electron chi connectivity index (χ4n) is 5.27. The number of ether oxygens (including phenoxy) is 1. The summed E-state index contributed by atoms with van der Waals surface area (Å²) in [6.07, 6.45) is 7.98. The van der Waals surface area contributed by atoms with Crippen LogP contribution in [0.3, 0.4) is 0 Å². The highest BCUT2D eigenvalue weighted by molar-refractivity contribution is 5.86. The molecular formula is C33H42N2O5. The third kappa shape index (κ3) is 9.19. The van der Waals surface area contributed by atoms with Crippen LogP contribution in [0.4, 0.5) is 0 Å². The van der Waals surface area contributed by atoms with E-state index in [0.717, 1.165) is 36.8 Å². The van der Waals surface area contributed by atoms with Gasteiger partial charge in [0.2, 0.25) is 11.8 Å². The summed E-state index contributed by atoms with van der Waals surface area (Å²) in [7, 11) is 0. The zero-order valence-corrected chi connectivity index (χ0v) is 23.2. The molecule has 40 heavy (non-hydrogen) atoms. The van der Waals surface area contributed by atoms with E-state index in [1.54, 1.807) is 12.2 Å². The van der Waals surface area contributed by atoms with Crippen LogP contribution in [0.2, 0.25) is 0 Å². The van der Waals surface area contributed by atoms with E-state index >= 15 is 0 Å². The SMILES string of the molecule is C=CC[C@H](CC(=O)NC1(CO)CCCC1)C(=O)N[C@@H](COC(=O)[C@@H](CC=C)Cc1ccccc1)c1ccccc1. The van der Waals surface area contributed by atoms with Crippen molar-refractivity contribution in [1.82, 2.24) is 10.6 Å².